The second kappa shape index (κ2) is 10.6. The van der Waals surface area contributed by atoms with E-state index in [1.807, 2.05) is 19.1 Å². The van der Waals surface area contributed by atoms with Gasteiger partial charge >= 0.3 is 6.18 Å². The van der Waals surface area contributed by atoms with Gasteiger partial charge in [0.15, 0.2) is 11.8 Å². The van der Waals surface area contributed by atoms with Gasteiger partial charge in [-0.3, -0.25) is 0 Å². The number of nitrogens with zero attached hydrogens (tertiary/aromatic N) is 3. The van der Waals surface area contributed by atoms with Gasteiger partial charge in [0.2, 0.25) is 5.89 Å². The number of halogens is 3. The Balaban J connectivity index is 1.80. The third-order valence-corrected chi connectivity index (χ3v) is 3.52. The summed E-state index contributed by atoms with van der Waals surface area (Å²) < 4.78 is 46.0. The van der Waals surface area contributed by atoms with Crippen molar-refractivity contribution in [3.8, 4) is 0 Å². The van der Waals surface area contributed by atoms with Gasteiger partial charge in [-0.15, -0.1) is 0 Å². The molecule has 0 saturated carbocycles. The standard InChI is InChI=1S/C18H24F3N5O2/c1-3-22-17(23-9-8-16-25-13(2)26-28-16)24-10-14-4-6-15(7-5-14)11-27-12-18(19,20)21/h4-7H,3,8-12H2,1-2H3,(H2,22,23,24). The summed E-state index contributed by atoms with van der Waals surface area (Å²) in [5, 5.41) is 10.1. The molecule has 2 N–H and O–H groups in total. The van der Waals surface area contributed by atoms with Gasteiger partial charge in [0.05, 0.1) is 13.2 Å². The van der Waals surface area contributed by atoms with Crippen LogP contribution in [-0.4, -0.2) is 42.0 Å². The molecule has 0 radical (unpaired) electrons. The minimum absolute atomic E-state index is 0.0810. The van der Waals surface area contributed by atoms with Crippen molar-refractivity contribution in [2.75, 3.05) is 19.7 Å². The molecule has 10 heteroatoms. The van der Waals surface area contributed by atoms with Crippen LogP contribution in [0.2, 0.25) is 0 Å². The van der Waals surface area contributed by atoms with Crippen LogP contribution >= 0.6 is 0 Å². The smallest absolute Gasteiger partial charge is 0.367 e. The molecule has 7 nitrogen and oxygen atoms in total. The molecule has 0 aliphatic rings. The Hall–Kier alpha value is -2.62. The van der Waals surface area contributed by atoms with Crippen molar-refractivity contribution >= 4 is 5.96 Å². The number of hydrogen-bond acceptors (Lipinski definition) is 5. The van der Waals surface area contributed by atoms with E-state index in [1.165, 1.54) is 0 Å². The Morgan fingerprint density at radius 2 is 1.89 bits per heavy atom. The van der Waals surface area contributed by atoms with Crippen molar-refractivity contribution in [2.24, 2.45) is 4.99 Å². The number of guanidine groups is 1. The van der Waals surface area contributed by atoms with Crippen LogP contribution < -0.4 is 10.6 Å². The number of aromatic nitrogens is 2. The Bertz CT molecular complexity index is 744. The van der Waals surface area contributed by atoms with E-state index < -0.39 is 12.8 Å². The van der Waals surface area contributed by atoms with Gasteiger partial charge in [0.25, 0.3) is 0 Å². The van der Waals surface area contributed by atoms with Crippen molar-refractivity contribution in [3.63, 3.8) is 0 Å². The molecule has 0 saturated heterocycles. The summed E-state index contributed by atoms with van der Waals surface area (Å²) >= 11 is 0. The average molecular weight is 399 g/mol. The topological polar surface area (TPSA) is 84.6 Å². The molecule has 1 aromatic heterocycles. The first-order valence-corrected chi connectivity index (χ1v) is 8.89. The molecule has 28 heavy (non-hydrogen) atoms. The Kier molecular flexibility index (Phi) is 8.24. The number of hydrogen-bond donors (Lipinski definition) is 2. The molecule has 0 aliphatic carbocycles. The van der Waals surface area contributed by atoms with Crippen LogP contribution in [0.3, 0.4) is 0 Å². The van der Waals surface area contributed by atoms with Gasteiger partial charge in [0, 0.05) is 19.5 Å². The lowest BCUT2D eigenvalue weighted by Gasteiger charge is -2.10. The average Bonchev–Trinajstić information content (AvgIpc) is 3.05. The van der Waals surface area contributed by atoms with Crippen molar-refractivity contribution < 1.29 is 22.4 Å². The van der Waals surface area contributed by atoms with Gasteiger partial charge in [0.1, 0.15) is 6.61 Å². The van der Waals surface area contributed by atoms with E-state index in [0.29, 0.717) is 49.3 Å². The third-order valence-electron chi connectivity index (χ3n) is 3.52. The molecule has 154 valence electrons. The third kappa shape index (κ3) is 8.38. The molecule has 0 bridgehead atoms. The van der Waals surface area contributed by atoms with E-state index in [2.05, 4.69) is 30.5 Å². The molecule has 2 aromatic rings. The summed E-state index contributed by atoms with van der Waals surface area (Å²) in [5.41, 5.74) is 1.61. The zero-order valence-electron chi connectivity index (χ0n) is 15.8. The Labute approximate surface area is 161 Å². The van der Waals surface area contributed by atoms with E-state index in [9.17, 15) is 13.2 Å². The molecule has 0 spiro atoms. The number of rotatable bonds is 9. The lowest BCUT2D eigenvalue weighted by Crippen LogP contribution is -2.38. The number of benzene rings is 1. The molecule has 1 aromatic carbocycles. The molecule has 0 amide bonds. The highest BCUT2D eigenvalue weighted by Gasteiger charge is 2.27. The first-order chi connectivity index (χ1) is 13.4. The molecule has 0 atom stereocenters. The normalized spacial score (nSPS) is 12.2. The first kappa shape index (κ1) is 21.7. The number of alkyl halides is 3. The van der Waals surface area contributed by atoms with E-state index in [4.69, 9.17) is 4.52 Å². The van der Waals surface area contributed by atoms with Crippen molar-refractivity contribution in [2.45, 2.75) is 39.6 Å². The minimum atomic E-state index is -4.31. The fourth-order valence-electron chi connectivity index (χ4n) is 2.27. The molecular formula is C18H24F3N5O2. The zero-order valence-corrected chi connectivity index (χ0v) is 15.8. The molecular weight excluding hydrogens is 375 g/mol. The van der Waals surface area contributed by atoms with E-state index >= 15 is 0 Å². The predicted octanol–water partition coefficient (Wildman–Crippen LogP) is 2.75. The molecule has 2 rings (SSSR count). The van der Waals surface area contributed by atoms with Crippen LogP contribution in [0.15, 0.2) is 33.8 Å². The molecule has 0 fully saturated rings. The largest absolute Gasteiger partial charge is 0.411 e. The van der Waals surface area contributed by atoms with Gasteiger partial charge in [-0.25, -0.2) is 4.99 Å². The number of ether oxygens (including phenoxy) is 1. The highest BCUT2D eigenvalue weighted by atomic mass is 19.4. The fraction of sp³-hybridized carbons (Fsp3) is 0.500. The van der Waals surface area contributed by atoms with Gasteiger partial charge in [-0.05, 0) is 25.0 Å². The second-order valence-corrected chi connectivity index (χ2v) is 6.03. The summed E-state index contributed by atoms with van der Waals surface area (Å²) in [4.78, 5) is 8.63. The lowest BCUT2D eigenvalue weighted by atomic mass is 10.1. The molecule has 0 unspecified atom stereocenters. The van der Waals surface area contributed by atoms with E-state index in [-0.39, 0.29) is 6.61 Å². The quantitative estimate of drug-likeness (QED) is 0.498. The molecule has 1 heterocycles. The maximum atomic E-state index is 12.1. The summed E-state index contributed by atoms with van der Waals surface area (Å²) in [7, 11) is 0. The number of nitrogens with one attached hydrogen (secondary N) is 2. The van der Waals surface area contributed by atoms with Crippen molar-refractivity contribution in [1.82, 2.24) is 20.8 Å². The zero-order chi connectivity index (χ0) is 20.4. The first-order valence-electron chi connectivity index (χ1n) is 8.89. The SMILES string of the molecule is CCNC(=NCc1ccc(COCC(F)(F)F)cc1)NCCc1nc(C)no1. The van der Waals surface area contributed by atoms with Gasteiger partial charge in [-0.2, -0.15) is 18.2 Å². The minimum Gasteiger partial charge on any atom is -0.367 e. The Morgan fingerprint density at radius 1 is 1.18 bits per heavy atom. The molecule has 0 aliphatic heterocycles. The van der Waals surface area contributed by atoms with E-state index in [0.717, 1.165) is 5.56 Å². The second-order valence-electron chi connectivity index (χ2n) is 6.03. The lowest BCUT2D eigenvalue weighted by molar-refractivity contribution is -0.176. The number of aliphatic imine (C=N–C) groups is 1. The maximum absolute atomic E-state index is 12.1. The van der Waals surface area contributed by atoms with E-state index in [1.54, 1.807) is 19.1 Å². The van der Waals surface area contributed by atoms with Crippen molar-refractivity contribution in [1.29, 1.82) is 0 Å². The monoisotopic (exact) mass is 399 g/mol. The van der Waals surface area contributed by atoms with Gasteiger partial charge in [-0.1, -0.05) is 29.4 Å². The maximum Gasteiger partial charge on any atom is 0.411 e. The predicted molar refractivity (Wildman–Crippen MR) is 97.7 cm³/mol. The van der Waals surface area contributed by atoms with Gasteiger partial charge < -0.3 is 19.9 Å². The summed E-state index contributed by atoms with van der Waals surface area (Å²) in [5.74, 6) is 1.81. The Morgan fingerprint density at radius 3 is 2.50 bits per heavy atom. The van der Waals surface area contributed by atoms with Crippen LogP contribution in [0.1, 0.15) is 29.8 Å². The summed E-state index contributed by atoms with van der Waals surface area (Å²) in [6.45, 7) is 4.12. The summed E-state index contributed by atoms with van der Waals surface area (Å²) in [6.07, 6.45) is -3.73. The van der Waals surface area contributed by atoms with Crippen LogP contribution in [0.4, 0.5) is 13.2 Å². The van der Waals surface area contributed by atoms with Crippen LogP contribution in [0.5, 0.6) is 0 Å². The van der Waals surface area contributed by atoms with Crippen molar-refractivity contribution in [3.05, 3.63) is 47.1 Å². The summed E-state index contributed by atoms with van der Waals surface area (Å²) in [6, 6.07) is 7.11. The van der Waals surface area contributed by atoms with Crippen LogP contribution in [-0.2, 0) is 24.3 Å². The highest BCUT2D eigenvalue weighted by Crippen LogP contribution is 2.16. The fourth-order valence-corrected chi connectivity index (χ4v) is 2.27. The van der Waals surface area contributed by atoms with Crippen LogP contribution in [0.25, 0.3) is 0 Å². The highest BCUT2D eigenvalue weighted by molar-refractivity contribution is 5.79. The van der Waals surface area contributed by atoms with Crippen LogP contribution in [0, 0.1) is 6.92 Å². The number of aryl methyl sites for hydroxylation is 1.